The highest BCUT2D eigenvalue weighted by Gasteiger charge is 2.36. The maximum atomic E-state index is 15.1. The molecule has 1 atom stereocenters. The van der Waals surface area contributed by atoms with Gasteiger partial charge in [-0.15, -0.1) is 11.3 Å². The summed E-state index contributed by atoms with van der Waals surface area (Å²) in [6.07, 6.45) is 3.89. The van der Waals surface area contributed by atoms with Gasteiger partial charge in [0, 0.05) is 28.2 Å². The summed E-state index contributed by atoms with van der Waals surface area (Å²) in [7, 11) is 3.02. The molecule has 1 aliphatic carbocycles. The van der Waals surface area contributed by atoms with Gasteiger partial charge in [0.1, 0.15) is 11.9 Å². The van der Waals surface area contributed by atoms with E-state index in [4.69, 9.17) is 9.47 Å². The highest BCUT2D eigenvalue weighted by atomic mass is 32.1. The second-order valence-electron chi connectivity index (χ2n) is 8.47. The minimum absolute atomic E-state index is 0.0106. The van der Waals surface area contributed by atoms with E-state index < -0.39 is 17.8 Å². The number of hydrogen-bond acceptors (Lipinski definition) is 5. The molecule has 184 valence electrons. The second-order valence-corrected chi connectivity index (χ2v) is 9.51. The second kappa shape index (κ2) is 11.4. The van der Waals surface area contributed by atoms with Crippen molar-refractivity contribution in [3.63, 3.8) is 0 Å². The van der Waals surface area contributed by atoms with Gasteiger partial charge in [-0.2, -0.15) is 0 Å². The number of benzene rings is 2. The summed E-state index contributed by atoms with van der Waals surface area (Å²) in [5.41, 5.74) is 0.552. The lowest BCUT2D eigenvalue weighted by Crippen LogP contribution is -2.47. The van der Waals surface area contributed by atoms with Crippen LogP contribution < -0.4 is 19.7 Å². The van der Waals surface area contributed by atoms with E-state index in [1.807, 2.05) is 17.5 Å². The summed E-state index contributed by atoms with van der Waals surface area (Å²) in [6.45, 7) is 0. The van der Waals surface area contributed by atoms with Gasteiger partial charge in [0.2, 0.25) is 11.8 Å². The number of halogens is 1. The molecule has 2 aromatic carbocycles. The molecule has 1 heterocycles. The first kappa shape index (κ1) is 24.7. The minimum atomic E-state index is -1.19. The zero-order valence-corrected chi connectivity index (χ0v) is 20.6. The van der Waals surface area contributed by atoms with Crippen molar-refractivity contribution in [1.29, 1.82) is 0 Å². The van der Waals surface area contributed by atoms with Gasteiger partial charge in [0.05, 0.1) is 20.6 Å². The zero-order chi connectivity index (χ0) is 24.8. The molecular formula is C27H29FN2O4S. The number of carbonyl (C=O) groups is 2. The van der Waals surface area contributed by atoms with Gasteiger partial charge in [-0.1, -0.05) is 37.1 Å². The van der Waals surface area contributed by atoms with Crippen LogP contribution in [0.4, 0.5) is 10.1 Å². The molecule has 0 aliphatic heterocycles. The molecule has 0 saturated heterocycles. The van der Waals surface area contributed by atoms with Crippen LogP contribution in [0.15, 0.2) is 60.0 Å². The zero-order valence-electron chi connectivity index (χ0n) is 19.8. The molecule has 1 saturated carbocycles. The molecule has 1 aromatic heterocycles. The van der Waals surface area contributed by atoms with Crippen LogP contribution in [0.2, 0.25) is 0 Å². The van der Waals surface area contributed by atoms with Gasteiger partial charge in [0.25, 0.3) is 0 Å². The Morgan fingerprint density at radius 1 is 1.06 bits per heavy atom. The lowest BCUT2D eigenvalue weighted by molar-refractivity contribution is -0.127. The van der Waals surface area contributed by atoms with Crippen LogP contribution in [-0.2, 0) is 16.0 Å². The third-order valence-electron chi connectivity index (χ3n) is 6.23. The Kier molecular flexibility index (Phi) is 8.02. The van der Waals surface area contributed by atoms with Gasteiger partial charge in [-0.25, -0.2) is 4.39 Å². The average molecular weight is 497 g/mol. The first-order valence-electron chi connectivity index (χ1n) is 11.6. The summed E-state index contributed by atoms with van der Waals surface area (Å²) in [4.78, 5) is 29.7. The molecule has 0 bridgehead atoms. The van der Waals surface area contributed by atoms with Gasteiger partial charge in [-0.05, 0) is 42.5 Å². The maximum absolute atomic E-state index is 15.1. The van der Waals surface area contributed by atoms with Crippen LogP contribution in [0.3, 0.4) is 0 Å². The molecule has 35 heavy (non-hydrogen) atoms. The lowest BCUT2D eigenvalue weighted by Gasteiger charge is -2.33. The van der Waals surface area contributed by atoms with E-state index in [9.17, 15) is 9.59 Å². The number of nitrogens with one attached hydrogen (secondary N) is 1. The van der Waals surface area contributed by atoms with E-state index in [1.165, 1.54) is 36.5 Å². The van der Waals surface area contributed by atoms with E-state index in [2.05, 4.69) is 5.32 Å². The van der Waals surface area contributed by atoms with E-state index in [-0.39, 0.29) is 23.9 Å². The Balaban J connectivity index is 1.82. The molecule has 0 radical (unpaired) electrons. The van der Waals surface area contributed by atoms with Gasteiger partial charge in [-0.3, -0.25) is 14.5 Å². The number of nitrogens with zero attached hydrogens (tertiary/aromatic N) is 1. The molecule has 1 N–H and O–H groups in total. The monoisotopic (exact) mass is 496 g/mol. The normalized spacial score (nSPS) is 14.4. The Hall–Kier alpha value is -3.39. The third kappa shape index (κ3) is 5.65. The molecule has 0 spiro atoms. The smallest absolute Gasteiger partial charge is 0.248 e. The average Bonchev–Trinajstić information content (AvgIpc) is 3.57. The predicted molar refractivity (Wildman–Crippen MR) is 135 cm³/mol. The number of ether oxygens (including phenoxy) is 2. The SMILES string of the molecule is COc1ccc(N(C(=O)Cc2cccs2)[C@@H](C(=O)NC2CCCC2)c2ccccc2F)cc1OC. The molecule has 3 aromatic rings. The number of thiophene rings is 1. The van der Waals surface area contributed by atoms with Gasteiger partial charge < -0.3 is 14.8 Å². The fourth-order valence-electron chi connectivity index (χ4n) is 4.50. The van der Waals surface area contributed by atoms with Crippen LogP contribution in [0.5, 0.6) is 11.5 Å². The first-order valence-corrected chi connectivity index (χ1v) is 12.5. The Labute approximate surface area is 208 Å². The number of anilines is 1. The summed E-state index contributed by atoms with van der Waals surface area (Å²) in [5, 5.41) is 4.96. The lowest BCUT2D eigenvalue weighted by atomic mass is 10.0. The highest BCUT2D eigenvalue weighted by molar-refractivity contribution is 7.10. The number of hydrogen-bond donors (Lipinski definition) is 1. The quantitative estimate of drug-likeness (QED) is 0.438. The summed E-state index contributed by atoms with van der Waals surface area (Å²) in [5.74, 6) is -0.388. The molecule has 4 rings (SSSR count). The van der Waals surface area contributed by atoms with Crippen molar-refractivity contribution in [2.45, 2.75) is 44.2 Å². The van der Waals surface area contributed by atoms with Crippen LogP contribution in [0.25, 0.3) is 0 Å². The minimum Gasteiger partial charge on any atom is -0.493 e. The number of methoxy groups -OCH3 is 2. The predicted octanol–water partition coefficient (Wildman–Crippen LogP) is 5.28. The standard InChI is InChI=1S/C27H29FN2O4S/c1-33-23-14-13-19(16-24(23)34-2)30(25(31)17-20-10-7-15-35-20)26(21-11-5-6-12-22(21)28)27(32)29-18-8-3-4-9-18/h5-7,10-16,18,26H,3-4,8-9,17H2,1-2H3,(H,29,32)/t26-/m1/s1. The molecule has 8 heteroatoms. The fraction of sp³-hybridized carbons (Fsp3) is 0.333. The molecule has 2 amide bonds. The van der Waals surface area contributed by atoms with Crippen molar-refractivity contribution >= 4 is 28.8 Å². The summed E-state index contributed by atoms with van der Waals surface area (Å²) in [6, 6.07) is 13.7. The topological polar surface area (TPSA) is 67.9 Å². The van der Waals surface area contributed by atoms with Crippen LogP contribution >= 0.6 is 11.3 Å². The molecule has 6 nitrogen and oxygen atoms in total. The van der Waals surface area contributed by atoms with Gasteiger partial charge in [0.15, 0.2) is 11.5 Å². The van der Waals surface area contributed by atoms with Crippen LogP contribution in [0, 0.1) is 5.82 Å². The molecule has 0 unspecified atom stereocenters. The number of carbonyl (C=O) groups excluding carboxylic acids is 2. The van der Waals surface area contributed by atoms with Crippen molar-refractivity contribution in [2.75, 3.05) is 19.1 Å². The van der Waals surface area contributed by atoms with Gasteiger partial charge >= 0.3 is 0 Å². The van der Waals surface area contributed by atoms with E-state index in [0.29, 0.717) is 17.2 Å². The molecule has 1 aliphatic rings. The van der Waals surface area contributed by atoms with Crippen molar-refractivity contribution < 1.29 is 23.5 Å². The number of amides is 2. The highest BCUT2D eigenvalue weighted by Crippen LogP contribution is 2.37. The van der Waals surface area contributed by atoms with E-state index in [0.717, 1.165) is 30.6 Å². The van der Waals surface area contributed by atoms with Crippen molar-refractivity contribution in [3.05, 3.63) is 76.2 Å². The third-order valence-corrected chi connectivity index (χ3v) is 7.10. The van der Waals surface area contributed by atoms with E-state index >= 15 is 4.39 Å². The summed E-state index contributed by atoms with van der Waals surface area (Å²) >= 11 is 1.46. The Morgan fingerprint density at radius 3 is 2.46 bits per heavy atom. The van der Waals surface area contributed by atoms with Crippen LogP contribution in [-0.4, -0.2) is 32.1 Å². The van der Waals surface area contributed by atoms with Crippen LogP contribution in [0.1, 0.15) is 42.2 Å². The van der Waals surface area contributed by atoms with Crippen molar-refractivity contribution in [3.8, 4) is 11.5 Å². The van der Waals surface area contributed by atoms with Crippen molar-refractivity contribution in [2.24, 2.45) is 0 Å². The maximum Gasteiger partial charge on any atom is 0.248 e. The Morgan fingerprint density at radius 2 is 1.80 bits per heavy atom. The molecular weight excluding hydrogens is 467 g/mol. The Bertz CT molecular complexity index is 1160. The summed E-state index contributed by atoms with van der Waals surface area (Å²) < 4.78 is 25.9. The molecule has 1 fully saturated rings. The largest absolute Gasteiger partial charge is 0.493 e. The van der Waals surface area contributed by atoms with Crippen molar-refractivity contribution in [1.82, 2.24) is 5.32 Å². The first-order chi connectivity index (χ1) is 17.0. The van der Waals surface area contributed by atoms with E-state index in [1.54, 1.807) is 36.4 Å². The number of rotatable bonds is 9. The fourth-order valence-corrected chi connectivity index (χ4v) is 5.20.